The molecule has 1 rings (SSSR count). The van der Waals surface area contributed by atoms with Crippen LogP contribution in [0.5, 0.6) is 0 Å². The van der Waals surface area contributed by atoms with Crippen molar-refractivity contribution in [1.82, 2.24) is 5.32 Å². The molecule has 0 saturated carbocycles. The highest BCUT2D eigenvalue weighted by Gasteiger charge is 2.09. The molecule has 1 N–H and O–H groups in total. The topological polar surface area (TPSA) is 29.1 Å². The number of nitrogens with one attached hydrogen (secondary N) is 1. The number of carbonyl (C=O) groups is 1. The molecule has 0 aliphatic carbocycles. The molecule has 2 nitrogen and oxygen atoms in total. The molecule has 1 atom stereocenters. The third-order valence-electron chi connectivity index (χ3n) is 1.66. The lowest BCUT2D eigenvalue weighted by Gasteiger charge is -2.07. The van der Waals surface area contributed by atoms with Crippen molar-refractivity contribution in [3.63, 3.8) is 0 Å². The Bertz CT molecular complexity index is 328. The Morgan fingerprint density at radius 2 is 2.21 bits per heavy atom. The number of benzene rings is 1. The molecule has 0 bridgehead atoms. The minimum Gasteiger partial charge on any atom is -0.351 e. The average molecular weight is 277 g/mol. The van der Waals surface area contributed by atoms with Gasteiger partial charge in [-0.3, -0.25) is 4.79 Å². The summed E-state index contributed by atoms with van der Waals surface area (Å²) in [6, 6.07) is 7.00. The molecule has 0 saturated heterocycles. The summed E-state index contributed by atoms with van der Waals surface area (Å²) in [6.07, 6.45) is 0. The second kappa shape index (κ2) is 5.37. The predicted octanol–water partition coefficient (Wildman–Crippen LogP) is 2.85. The molecule has 14 heavy (non-hydrogen) atoms. The third kappa shape index (κ3) is 3.31. The summed E-state index contributed by atoms with van der Waals surface area (Å²) in [5, 5.41) is 3.25. The van der Waals surface area contributed by atoms with Crippen molar-refractivity contribution >= 4 is 33.4 Å². The Hall–Kier alpha value is -0.540. The molecule has 1 aromatic carbocycles. The lowest BCUT2D eigenvalue weighted by atomic mass is 10.2. The van der Waals surface area contributed by atoms with Crippen LogP contribution in [0.2, 0.25) is 5.02 Å². The van der Waals surface area contributed by atoms with Gasteiger partial charge in [0.25, 0.3) is 5.91 Å². The second-order valence-corrected chi connectivity index (χ2v) is 4.94. The largest absolute Gasteiger partial charge is 0.351 e. The molecule has 0 fully saturated rings. The zero-order valence-electron chi connectivity index (χ0n) is 7.76. The molecule has 1 amide bonds. The van der Waals surface area contributed by atoms with Gasteiger partial charge in [0.1, 0.15) is 0 Å². The van der Waals surface area contributed by atoms with E-state index in [9.17, 15) is 4.79 Å². The number of halogens is 2. The lowest BCUT2D eigenvalue weighted by Crippen LogP contribution is -2.28. The minimum atomic E-state index is -0.137. The second-order valence-electron chi connectivity index (χ2n) is 2.97. The van der Waals surface area contributed by atoms with Crippen LogP contribution >= 0.6 is 27.5 Å². The van der Waals surface area contributed by atoms with Gasteiger partial charge in [0.2, 0.25) is 0 Å². The summed E-state index contributed by atoms with van der Waals surface area (Å²) in [5.41, 5.74) is 0.516. The van der Waals surface area contributed by atoms with Gasteiger partial charge >= 0.3 is 0 Å². The Morgan fingerprint density at radius 1 is 1.57 bits per heavy atom. The van der Waals surface area contributed by atoms with E-state index in [1.807, 2.05) is 6.92 Å². The molecule has 0 heterocycles. The summed E-state index contributed by atoms with van der Waals surface area (Å²) < 4.78 is 0. The maximum absolute atomic E-state index is 11.6. The first kappa shape index (κ1) is 11.5. The van der Waals surface area contributed by atoms with E-state index in [0.29, 0.717) is 17.1 Å². The minimum absolute atomic E-state index is 0.137. The summed E-state index contributed by atoms with van der Waals surface area (Å²) in [5.74, 6) is -0.137. The zero-order chi connectivity index (χ0) is 10.6. The van der Waals surface area contributed by atoms with E-state index in [1.54, 1.807) is 24.3 Å². The van der Waals surface area contributed by atoms with E-state index in [4.69, 9.17) is 11.6 Å². The Kier molecular flexibility index (Phi) is 4.42. The molecule has 0 aromatic heterocycles. The van der Waals surface area contributed by atoms with Gasteiger partial charge < -0.3 is 5.32 Å². The fourth-order valence-corrected chi connectivity index (χ4v) is 1.36. The van der Waals surface area contributed by atoms with Crippen molar-refractivity contribution in [3.05, 3.63) is 34.9 Å². The first-order chi connectivity index (χ1) is 6.61. The van der Waals surface area contributed by atoms with Crippen LogP contribution in [0.1, 0.15) is 17.3 Å². The van der Waals surface area contributed by atoms with Gasteiger partial charge in [-0.25, -0.2) is 0 Å². The number of amides is 1. The molecule has 0 aliphatic heterocycles. The lowest BCUT2D eigenvalue weighted by molar-refractivity contribution is 0.0954. The predicted molar refractivity (Wildman–Crippen MR) is 62.2 cm³/mol. The first-order valence-electron chi connectivity index (χ1n) is 4.28. The fraction of sp³-hybridized carbons (Fsp3) is 0.300. The third-order valence-corrected chi connectivity index (χ3v) is 2.32. The molecule has 4 heteroatoms. The van der Waals surface area contributed by atoms with E-state index in [0.717, 1.165) is 0 Å². The molecular formula is C10H11BrClNO. The van der Waals surface area contributed by atoms with Crippen LogP contribution in [0.15, 0.2) is 24.3 Å². The van der Waals surface area contributed by atoms with Crippen molar-refractivity contribution < 1.29 is 4.79 Å². The highest BCUT2D eigenvalue weighted by atomic mass is 79.9. The molecule has 0 aliphatic rings. The summed E-state index contributed by atoms with van der Waals surface area (Å²) in [4.78, 5) is 11.8. The Labute approximate surface area is 96.8 Å². The van der Waals surface area contributed by atoms with Crippen LogP contribution in [-0.2, 0) is 0 Å². The molecular weight excluding hydrogens is 265 g/mol. The van der Waals surface area contributed by atoms with Gasteiger partial charge in [-0.15, -0.1) is 0 Å². The van der Waals surface area contributed by atoms with Crippen LogP contribution < -0.4 is 5.32 Å². The number of hydrogen-bond donors (Lipinski definition) is 1. The van der Waals surface area contributed by atoms with Crippen LogP contribution in [0.25, 0.3) is 0 Å². The monoisotopic (exact) mass is 275 g/mol. The van der Waals surface area contributed by atoms with Gasteiger partial charge in [-0.1, -0.05) is 46.6 Å². The molecule has 1 aromatic rings. The highest BCUT2D eigenvalue weighted by Crippen LogP contribution is 2.14. The van der Waals surface area contributed by atoms with E-state index in [2.05, 4.69) is 21.2 Å². The van der Waals surface area contributed by atoms with E-state index < -0.39 is 0 Å². The summed E-state index contributed by atoms with van der Waals surface area (Å²) >= 11 is 9.21. The van der Waals surface area contributed by atoms with Crippen molar-refractivity contribution in [3.8, 4) is 0 Å². The Balaban J connectivity index is 2.65. The smallest absolute Gasteiger partial charge is 0.252 e. The van der Waals surface area contributed by atoms with Crippen LogP contribution in [0, 0.1) is 0 Å². The van der Waals surface area contributed by atoms with Gasteiger partial charge in [0, 0.05) is 11.4 Å². The van der Waals surface area contributed by atoms with Crippen molar-refractivity contribution in [2.75, 3.05) is 6.54 Å². The van der Waals surface area contributed by atoms with Gasteiger partial charge in [0.05, 0.1) is 10.6 Å². The van der Waals surface area contributed by atoms with Crippen molar-refractivity contribution in [2.45, 2.75) is 11.8 Å². The zero-order valence-corrected chi connectivity index (χ0v) is 10.1. The standard InChI is InChI=1S/C10H11BrClNO/c1-7(11)6-13-10(14)8-4-2-3-5-9(8)12/h2-5,7H,6H2,1H3,(H,13,14). The van der Waals surface area contributed by atoms with Crippen LogP contribution in [-0.4, -0.2) is 17.3 Å². The van der Waals surface area contributed by atoms with E-state index in [-0.39, 0.29) is 10.7 Å². The quantitative estimate of drug-likeness (QED) is 0.845. The summed E-state index contributed by atoms with van der Waals surface area (Å²) in [7, 11) is 0. The van der Waals surface area contributed by atoms with Gasteiger partial charge in [-0.05, 0) is 12.1 Å². The SMILES string of the molecule is CC(Br)CNC(=O)c1ccccc1Cl. The maximum Gasteiger partial charge on any atom is 0.252 e. The Morgan fingerprint density at radius 3 is 2.79 bits per heavy atom. The van der Waals surface area contributed by atoms with Crippen LogP contribution in [0.3, 0.4) is 0 Å². The molecule has 0 spiro atoms. The normalized spacial score (nSPS) is 12.2. The highest BCUT2D eigenvalue weighted by molar-refractivity contribution is 9.09. The molecule has 76 valence electrons. The number of alkyl halides is 1. The fourth-order valence-electron chi connectivity index (χ4n) is 0.974. The summed E-state index contributed by atoms with van der Waals surface area (Å²) in [6.45, 7) is 2.55. The van der Waals surface area contributed by atoms with Crippen molar-refractivity contribution in [2.24, 2.45) is 0 Å². The molecule has 1 unspecified atom stereocenters. The maximum atomic E-state index is 11.6. The first-order valence-corrected chi connectivity index (χ1v) is 5.57. The molecule has 0 radical (unpaired) electrons. The number of hydrogen-bond acceptors (Lipinski definition) is 1. The van der Waals surface area contributed by atoms with Gasteiger partial charge in [-0.2, -0.15) is 0 Å². The van der Waals surface area contributed by atoms with Crippen LogP contribution in [0.4, 0.5) is 0 Å². The number of rotatable bonds is 3. The average Bonchev–Trinajstić information content (AvgIpc) is 2.15. The van der Waals surface area contributed by atoms with Crippen molar-refractivity contribution in [1.29, 1.82) is 0 Å². The van der Waals surface area contributed by atoms with E-state index >= 15 is 0 Å². The van der Waals surface area contributed by atoms with Gasteiger partial charge in [0.15, 0.2) is 0 Å². The van der Waals surface area contributed by atoms with E-state index in [1.165, 1.54) is 0 Å². The number of carbonyl (C=O) groups excluding carboxylic acids is 1.